The molecule has 0 aliphatic heterocycles. The molecule has 0 saturated heterocycles. The average molecular weight is 285 g/mol. The van der Waals surface area contributed by atoms with Crippen molar-refractivity contribution in [3.8, 4) is 0 Å². The molecule has 2 N–H and O–H groups in total. The number of aliphatic hydroxyl groups excluding tert-OH is 1. The molecule has 19 heavy (non-hydrogen) atoms. The Morgan fingerprint density at radius 2 is 1.95 bits per heavy atom. The molecule has 0 atom stereocenters. The van der Waals surface area contributed by atoms with Crippen LogP contribution in [0.25, 0.3) is 0 Å². The maximum atomic E-state index is 13.4. The van der Waals surface area contributed by atoms with E-state index < -0.39 is 0 Å². The van der Waals surface area contributed by atoms with Crippen molar-refractivity contribution in [2.75, 3.05) is 24.7 Å². The van der Waals surface area contributed by atoms with Gasteiger partial charge in [0.2, 0.25) is 0 Å². The fourth-order valence-corrected chi connectivity index (χ4v) is 2.47. The summed E-state index contributed by atoms with van der Waals surface area (Å²) in [7, 11) is 0. The highest BCUT2D eigenvalue weighted by atomic mass is 32.2. The number of hydrogen-bond acceptors (Lipinski definition) is 3. The van der Waals surface area contributed by atoms with Crippen LogP contribution in [0.5, 0.6) is 0 Å². The van der Waals surface area contributed by atoms with Crippen LogP contribution in [0.4, 0.5) is 4.39 Å². The Morgan fingerprint density at radius 1 is 1.32 bits per heavy atom. The van der Waals surface area contributed by atoms with Gasteiger partial charge in [0, 0.05) is 24.5 Å². The van der Waals surface area contributed by atoms with E-state index in [1.54, 1.807) is 37.7 Å². The normalized spacial score (nSPS) is 10.5. The third-order valence-electron chi connectivity index (χ3n) is 2.68. The number of halogens is 1. The lowest BCUT2D eigenvalue weighted by Crippen LogP contribution is -2.26. The van der Waals surface area contributed by atoms with E-state index in [2.05, 4.69) is 5.32 Å². The summed E-state index contributed by atoms with van der Waals surface area (Å²) >= 11 is 1.69. The van der Waals surface area contributed by atoms with Crippen molar-refractivity contribution in [3.63, 3.8) is 0 Å². The van der Waals surface area contributed by atoms with E-state index in [-0.39, 0.29) is 18.3 Å². The zero-order valence-corrected chi connectivity index (χ0v) is 12.1. The summed E-state index contributed by atoms with van der Waals surface area (Å²) in [5.41, 5.74) is 1.47. The minimum atomic E-state index is -0.254. The van der Waals surface area contributed by atoms with Crippen molar-refractivity contribution in [2.24, 2.45) is 0 Å². The Kier molecular flexibility index (Phi) is 6.87. The Labute approximate surface area is 117 Å². The van der Waals surface area contributed by atoms with Gasteiger partial charge in [-0.15, -0.1) is 0 Å². The predicted octanol–water partition coefficient (Wildman–Crippen LogP) is 2.29. The van der Waals surface area contributed by atoms with E-state index in [4.69, 9.17) is 5.11 Å². The molecule has 0 spiro atoms. The van der Waals surface area contributed by atoms with Crippen molar-refractivity contribution in [1.82, 2.24) is 5.32 Å². The molecule has 0 aromatic heterocycles. The van der Waals surface area contributed by atoms with E-state index in [1.165, 1.54) is 0 Å². The van der Waals surface area contributed by atoms with E-state index in [9.17, 15) is 9.18 Å². The minimum Gasteiger partial charge on any atom is -0.396 e. The first-order chi connectivity index (χ1) is 9.06. The first-order valence-corrected chi connectivity index (χ1v) is 7.45. The largest absolute Gasteiger partial charge is 0.396 e. The summed E-state index contributed by atoms with van der Waals surface area (Å²) in [4.78, 5) is 11.9. The first-order valence-electron chi connectivity index (χ1n) is 6.29. The van der Waals surface area contributed by atoms with Gasteiger partial charge in [-0.1, -0.05) is 0 Å². The minimum absolute atomic E-state index is 0.172. The molecule has 106 valence electrons. The molecule has 0 heterocycles. The van der Waals surface area contributed by atoms with Crippen molar-refractivity contribution >= 4 is 17.7 Å². The first kappa shape index (κ1) is 16.0. The summed E-state index contributed by atoms with van der Waals surface area (Å²) in [6.07, 6.45) is 0.773. The van der Waals surface area contributed by atoms with Crippen molar-refractivity contribution in [3.05, 3.63) is 34.6 Å². The van der Waals surface area contributed by atoms with Crippen LogP contribution in [0.3, 0.4) is 0 Å². The molecular weight excluding hydrogens is 265 g/mol. The molecule has 3 nitrogen and oxygen atoms in total. The van der Waals surface area contributed by atoms with Crippen LogP contribution in [0.2, 0.25) is 0 Å². The molecular formula is C14H20FNO2S. The number of rotatable bonds is 7. The number of carbonyl (C=O) groups is 1. The third kappa shape index (κ3) is 5.20. The Hall–Kier alpha value is -1.07. The van der Waals surface area contributed by atoms with Crippen LogP contribution in [0.1, 0.15) is 27.9 Å². The summed E-state index contributed by atoms with van der Waals surface area (Å²) in [5, 5.41) is 11.4. The second-order valence-electron chi connectivity index (χ2n) is 4.37. The number of thioether (sulfide) groups is 1. The van der Waals surface area contributed by atoms with Crippen LogP contribution < -0.4 is 5.32 Å². The van der Waals surface area contributed by atoms with Gasteiger partial charge in [0.25, 0.3) is 5.91 Å². The lowest BCUT2D eigenvalue weighted by molar-refractivity contribution is 0.0956. The molecule has 1 aromatic carbocycles. The quantitative estimate of drug-likeness (QED) is 0.756. The number of amides is 1. The smallest absolute Gasteiger partial charge is 0.251 e. The molecule has 1 rings (SSSR count). The second-order valence-corrected chi connectivity index (χ2v) is 5.59. The highest BCUT2D eigenvalue weighted by Gasteiger charge is 2.09. The topological polar surface area (TPSA) is 49.3 Å². The number of nitrogens with one attached hydrogen (secondary N) is 1. The molecule has 0 saturated carbocycles. The molecule has 0 fully saturated rings. The molecule has 0 bridgehead atoms. The van der Waals surface area contributed by atoms with E-state index in [1.807, 2.05) is 0 Å². The van der Waals surface area contributed by atoms with Gasteiger partial charge in [-0.3, -0.25) is 4.79 Å². The fraction of sp³-hybridized carbons (Fsp3) is 0.500. The number of benzene rings is 1. The summed E-state index contributed by atoms with van der Waals surface area (Å²) in [6.45, 7) is 4.09. The lowest BCUT2D eigenvalue weighted by Gasteiger charge is -2.08. The highest BCUT2D eigenvalue weighted by Crippen LogP contribution is 2.14. The Morgan fingerprint density at radius 3 is 2.53 bits per heavy atom. The van der Waals surface area contributed by atoms with Crippen LogP contribution in [0.15, 0.2) is 12.1 Å². The van der Waals surface area contributed by atoms with Gasteiger partial charge in [-0.05, 0) is 49.3 Å². The van der Waals surface area contributed by atoms with Crippen LogP contribution >= 0.6 is 11.8 Å². The van der Waals surface area contributed by atoms with Crippen molar-refractivity contribution in [1.29, 1.82) is 0 Å². The van der Waals surface area contributed by atoms with Crippen molar-refractivity contribution < 1.29 is 14.3 Å². The molecule has 1 amide bonds. The number of aliphatic hydroxyl groups is 1. The standard InChI is InChI=1S/C14H20FNO2S/c1-10-8-12(9-11(2)13(10)15)14(18)16-4-7-19-6-3-5-17/h8-9,17H,3-7H2,1-2H3,(H,16,18). The SMILES string of the molecule is Cc1cc(C(=O)NCCSCCCO)cc(C)c1F. The zero-order chi connectivity index (χ0) is 14.3. The van der Waals surface area contributed by atoms with Gasteiger partial charge in [0.15, 0.2) is 0 Å². The molecule has 0 aliphatic rings. The molecule has 0 radical (unpaired) electrons. The van der Waals surface area contributed by atoms with E-state index in [0.717, 1.165) is 17.9 Å². The van der Waals surface area contributed by atoms with Gasteiger partial charge in [0.05, 0.1) is 0 Å². The number of carbonyl (C=O) groups excluding carboxylic acids is 1. The third-order valence-corrected chi connectivity index (χ3v) is 3.75. The average Bonchev–Trinajstić information content (AvgIpc) is 2.39. The predicted molar refractivity (Wildman–Crippen MR) is 77.2 cm³/mol. The Balaban J connectivity index is 2.42. The molecule has 1 aromatic rings. The highest BCUT2D eigenvalue weighted by molar-refractivity contribution is 7.99. The molecule has 0 aliphatic carbocycles. The van der Waals surface area contributed by atoms with E-state index >= 15 is 0 Å². The fourth-order valence-electron chi connectivity index (χ4n) is 1.68. The van der Waals surface area contributed by atoms with Crippen LogP contribution in [0, 0.1) is 19.7 Å². The Bertz CT molecular complexity index is 414. The summed E-state index contributed by atoms with van der Waals surface area (Å²) in [6, 6.07) is 3.13. The number of hydrogen-bond donors (Lipinski definition) is 2. The van der Waals surface area contributed by atoms with Gasteiger partial charge < -0.3 is 10.4 Å². The lowest BCUT2D eigenvalue weighted by atomic mass is 10.1. The maximum absolute atomic E-state index is 13.4. The van der Waals surface area contributed by atoms with Gasteiger partial charge >= 0.3 is 0 Å². The maximum Gasteiger partial charge on any atom is 0.251 e. The monoisotopic (exact) mass is 285 g/mol. The molecule has 0 unspecified atom stereocenters. The van der Waals surface area contributed by atoms with Gasteiger partial charge in [-0.2, -0.15) is 11.8 Å². The summed E-state index contributed by atoms with van der Waals surface area (Å²) in [5.74, 6) is 1.27. The second kappa shape index (κ2) is 8.17. The zero-order valence-electron chi connectivity index (χ0n) is 11.3. The number of aryl methyl sites for hydroxylation is 2. The van der Waals surface area contributed by atoms with Crippen LogP contribution in [-0.4, -0.2) is 35.7 Å². The van der Waals surface area contributed by atoms with Crippen LogP contribution in [-0.2, 0) is 0 Å². The van der Waals surface area contributed by atoms with Gasteiger partial charge in [-0.25, -0.2) is 4.39 Å². The summed E-state index contributed by atoms with van der Waals surface area (Å²) < 4.78 is 13.4. The van der Waals surface area contributed by atoms with Gasteiger partial charge in [0.1, 0.15) is 5.82 Å². The van der Waals surface area contributed by atoms with E-state index in [0.29, 0.717) is 23.2 Å². The van der Waals surface area contributed by atoms with Crippen molar-refractivity contribution in [2.45, 2.75) is 20.3 Å². The molecule has 5 heteroatoms.